The average Bonchev–Trinajstić information content (AvgIpc) is 3.05. The standard InChI is InChI=1S/C44H79NO/c1-5-7-9-11-13-15-17-19-21-23-25-27-29-31-33-35-39-43(44(46)41-37-38-42-45(3)4)40-36-34-32-30-28-26-24-22-20-18-16-14-12-10-8-6-2/h7,9,13-16,19-22,43H,5-6,8,10-12,17-18,23-42H2,1-4H3. The predicted octanol–water partition coefficient (Wildman–Crippen LogP) is 14.1. The summed E-state index contributed by atoms with van der Waals surface area (Å²) in [6.07, 6.45) is 56.0. The number of nitrogens with zero attached hydrogens (tertiary/aromatic N) is 1. The fraction of sp³-hybridized carbons (Fsp3) is 0.750. The van der Waals surface area contributed by atoms with E-state index in [0.29, 0.717) is 11.7 Å². The van der Waals surface area contributed by atoms with Crippen LogP contribution in [0.25, 0.3) is 0 Å². The maximum Gasteiger partial charge on any atom is 0.135 e. The van der Waals surface area contributed by atoms with Gasteiger partial charge in [-0.2, -0.15) is 0 Å². The Labute approximate surface area is 289 Å². The Morgan fingerprint density at radius 3 is 1.35 bits per heavy atom. The molecular formula is C44H79NO. The second kappa shape index (κ2) is 37.8. The first-order chi connectivity index (χ1) is 22.6. The second-order valence-corrected chi connectivity index (χ2v) is 13.8. The van der Waals surface area contributed by atoms with Crippen molar-refractivity contribution in [2.24, 2.45) is 5.92 Å². The van der Waals surface area contributed by atoms with Crippen LogP contribution in [0.1, 0.15) is 187 Å². The molecule has 1 atom stereocenters. The predicted molar refractivity (Wildman–Crippen MR) is 209 cm³/mol. The Morgan fingerprint density at radius 1 is 0.478 bits per heavy atom. The van der Waals surface area contributed by atoms with Gasteiger partial charge in [-0.25, -0.2) is 0 Å². The van der Waals surface area contributed by atoms with Crippen molar-refractivity contribution in [1.82, 2.24) is 4.90 Å². The van der Waals surface area contributed by atoms with Crippen molar-refractivity contribution < 1.29 is 4.79 Å². The van der Waals surface area contributed by atoms with Crippen molar-refractivity contribution in [1.29, 1.82) is 0 Å². The van der Waals surface area contributed by atoms with E-state index in [4.69, 9.17) is 0 Å². The van der Waals surface area contributed by atoms with Crippen LogP contribution in [0.4, 0.5) is 0 Å². The van der Waals surface area contributed by atoms with Crippen LogP contribution in [0.15, 0.2) is 60.8 Å². The number of carbonyl (C=O) groups is 1. The molecule has 2 heteroatoms. The van der Waals surface area contributed by atoms with Gasteiger partial charge in [-0.05, 0) is 111 Å². The Bertz CT molecular complexity index is 771. The molecule has 0 aliphatic carbocycles. The van der Waals surface area contributed by atoms with Crippen molar-refractivity contribution in [3.63, 3.8) is 0 Å². The van der Waals surface area contributed by atoms with Crippen LogP contribution in [0.3, 0.4) is 0 Å². The Kier molecular flexibility index (Phi) is 36.4. The second-order valence-electron chi connectivity index (χ2n) is 13.8. The molecule has 0 saturated carbocycles. The third-order valence-electron chi connectivity index (χ3n) is 8.94. The lowest BCUT2D eigenvalue weighted by atomic mass is 9.88. The van der Waals surface area contributed by atoms with Gasteiger partial charge in [0, 0.05) is 12.3 Å². The van der Waals surface area contributed by atoms with Crippen LogP contribution in [0.5, 0.6) is 0 Å². The number of carbonyl (C=O) groups excluding carboxylic acids is 1. The van der Waals surface area contributed by atoms with E-state index in [1.165, 1.54) is 116 Å². The molecule has 0 radical (unpaired) electrons. The van der Waals surface area contributed by atoms with Gasteiger partial charge in [-0.15, -0.1) is 0 Å². The summed E-state index contributed by atoms with van der Waals surface area (Å²) in [5.74, 6) is 0.868. The first-order valence-electron chi connectivity index (χ1n) is 20.0. The molecule has 0 aliphatic rings. The highest BCUT2D eigenvalue weighted by Crippen LogP contribution is 2.22. The van der Waals surface area contributed by atoms with E-state index in [1.54, 1.807) is 0 Å². The molecule has 0 heterocycles. The monoisotopic (exact) mass is 638 g/mol. The van der Waals surface area contributed by atoms with Gasteiger partial charge in [0.15, 0.2) is 0 Å². The number of allylic oxidation sites excluding steroid dienone is 10. The normalized spacial score (nSPS) is 13.2. The van der Waals surface area contributed by atoms with Crippen molar-refractivity contribution >= 4 is 5.78 Å². The lowest BCUT2D eigenvalue weighted by molar-refractivity contribution is -0.123. The van der Waals surface area contributed by atoms with E-state index in [2.05, 4.69) is 93.6 Å². The lowest BCUT2D eigenvalue weighted by Crippen LogP contribution is -2.16. The van der Waals surface area contributed by atoms with Crippen LogP contribution in [-0.4, -0.2) is 31.3 Å². The molecule has 0 rings (SSSR count). The summed E-state index contributed by atoms with van der Waals surface area (Å²) in [5, 5.41) is 0. The molecule has 0 bridgehead atoms. The highest BCUT2D eigenvalue weighted by Gasteiger charge is 2.17. The van der Waals surface area contributed by atoms with Crippen LogP contribution < -0.4 is 0 Å². The molecule has 0 fully saturated rings. The van der Waals surface area contributed by atoms with Gasteiger partial charge in [-0.1, -0.05) is 152 Å². The fourth-order valence-electron chi connectivity index (χ4n) is 5.96. The van der Waals surface area contributed by atoms with Crippen molar-refractivity contribution in [3.8, 4) is 0 Å². The SMILES string of the molecule is CCC=CCC=CCC=CCCCCCCCCC(CCCCCCCCC=CCC=CCCCCC)C(=O)CCCCN(C)C. The summed E-state index contributed by atoms with van der Waals surface area (Å²) in [4.78, 5) is 15.4. The van der Waals surface area contributed by atoms with Gasteiger partial charge in [-0.3, -0.25) is 4.79 Å². The van der Waals surface area contributed by atoms with Gasteiger partial charge in [0.05, 0.1) is 0 Å². The Hall–Kier alpha value is -1.67. The first kappa shape index (κ1) is 44.3. The van der Waals surface area contributed by atoms with E-state index in [-0.39, 0.29) is 0 Å². The lowest BCUT2D eigenvalue weighted by Gasteiger charge is -2.16. The van der Waals surface area contributed by atoms with Crippen LogP contribution in [-0.2, 0) is 4.79 Å². The van der Waals surface area contributed by atoms with Gasteiger partial charge in [0.25, 0.3) is 0 Å². The smallest absolute Gasteiger partial charge is 0.135 e. The molecule has 1 unspecified atom stereocenters. The molecule has 266 valence electrons. The highest BCUT2D eigenvalue weighted by atomic mass is 16.1. The summed E-state index contributed by atoms with van der Waals surface area (Å²) in [6.45, 7) is 5.53. The maximum absolute atomic E-state index is 13.1. The molecule has 0 saturated heterocycles. The Balaban J connectivity index is 4.04. The minimum Gasteiger partial charge on any atom is -0.309 e. The van der Waals surface area contributed by atoms with Gasteiger partial charge < -0.3 is 4.90 Å². The summed E-state index contributed by atoms with van der Waals surface area (Å²) in [7, 11) is 4.25. The summed E-state index contributed by atoms with van der Waals surface area (Å²) < 4.78 is 0. The minimum atomic E-state index is 0.312. The topological polar surface area (TPSA) is 20.3 Å². The van der Waals surface area contributed by atoms with Crippen molar-refractivity contribution in [2.75, 3.05) is 20.6 Å². The highest BCUT2D eigenvalue weighted by molar-refractivity contribution is 5.80. The van der Waals surface area contributed by atoms with E-state index >= 15 is 0 Å². The zero-order valence-electron chi connectivity index (χ0n) is 31.5. The number of hydrogen-bond acceptors (Lipinski definition) is 2. The van der Waals surface area contributed by atoms with Gasteiger partial charge in [0.2, 0.25) is 0 Å². The number of Topliss-reactive ketones (excluding diaryl/α,β-unsaturated/α-hetero) is 1. The Morgan fingerprint density at radius 2 is 0.891 bits per heavy atom. The molecular weight excluding hydrogens is 558 g/mol. The summed E-state index contributed by atoms with van der Waals surface area (Å²) in [6, 6.07) is 0. The first-order valence-corrected chi connectivity index (χ1v) is 20.0. The van der Waals surface area contributed by atoms with E-state index in [0.717, 1.165) is 64.3 Å². The molecule has 0 amide bonds. The summed E-state index contributed by atoms with van der Waals surface area (Å²) >= 11 is 0. The molecule has 0 aromatic rings. The van der Waals surface area contributed by atoms with Gasteiger partial charge >= 0.3 is 0 Å². The third kappa shape index (κ3) is 35.2. The van der Waals surface area contributed by atoms with E-state index in [9.17, 15) is 4.79 Å². The van der Waals surface area contributed by atoms with Gasteiger partial charge in [0.1, 0.15) is 5.78 Å². The zero-order chi connectivity index (χ0) is 33.6. The number of hydrogen-bond donors (Lipinski definition) is 0. The quantitative estimate of drug-likeness (QED) is 0.0509. The molecule has 0 N–H and O–H groups in total. The molecule has 0 aliphatic heterocycles. The average molecular weight is 638 g/mol. The third-order valence-corrected chi connectivity index (χ3v) is 8.94. The number of ketones is 1. The van der Waals surface area contributed by atoms with Crippen LogP contribution in [0, 0.1) is 5.92 Å². The molecule has 0 aromatic heterocycles. The molecule has 0 spiro atoms. The number of unbranched alkanes of at least 4 members (excludes halogenated alkanes) is 16. The van der Waals surface area contributed by atoms with Crippen molar-refractivity contribution in [2.45, 2.75) is 187 Å². The molecule has 2 nitrogen and oxygen atoms in total. The van der Waals surface area contributed by atoms with Crippen LogP contribution >= 0.6 is 0 Å². The zero-order valence-corrected chi connectivity index (χ0v) is 31.5. The maximum atomic E-state index is 13.1. The molecule has 0 aromatic carbocycles. The van der Waals surface area contributed by atoms with Crippen molar-refractivity contribution in [3.05, 3.63) is 60.8 Å². The fourth-order valence-corrected chi connectivity index (χ4v) is 5.96. The molecule has 46 heavy (non-hydrogen) atoms. The van der Waals surface area contributed by atoms with E-state index in [1.807, 2.05) is 0 Å². The van der Waals surface area contributed by atoms with Crippen LogP contribution in [0.2, 0.25) is 0 Å². The number of rotatable bonds is 35. The minimum absolute atomic E-state index is 0.312. The van der Waals surface area contributed by atoms with E-state index < -0.39 is 0 Å². The summed E-state index contributed by atoms with van der Waals surface area (Å²) in [5.41, 5.74) is 0. The largest absolute Gasteiger partial charge is 0.309 e.